The average molecular weight is 340 g/mol. The summed E-state index contributed by atoms with van der Waals surface area (Å²) < 4.78 is 43.4. The molecule has 1 rings (SSSR count). The number of hydrogen-bond acceptors (Lipinski definition) is 4. The molecule has 0 amide bonds. The molecule has 1 aromatic rings. The summed E-state index contributed by atoms with van der Waals surface area (Å²) in [6, 6.07) is 2.08. The molecule has 0 fully saturated rings. The van der Waals surface area contributed by atoms with Crippen molar-refractivity contribution >= 4 is 23.3 Å². The molecule has 124 valence electrons. The molecule has 0 heterocycles. The molecule has 22 heavy (non-hydrogen) atoms. The zero-order valence-electron chi connectivity index (χ0n) is 12.1. The van der Waals surface area contributed by atoms with Crippen molar-refractivity contribution < 1.29 is 27.8 Å². The SMILES string of the molecule is CCOC(=O)CCc1cc([C@](C)(O)C(F)(F)F)cc(Cl)c1N. The smallest absolute Gasteiger partial charge is 0.421 e. The fourth-order valence-electron chi connectivity index (χ4n) is 1.80. The molecule has 0 aromatic heterocycles. The summed E-state index contributed by atoms with van der Waals surface area (Å²) in [4.78, 5) is 11.3. The van der Waals surface area contributed by atoms with Gasteiger partial charge in [-0.05, 0) is 37.5 Å². The van der Waals surface area contributed by atoms with Gasteiger partial charge in [-0.2, -0.15) is 13.2 Å². The van der Waals surface area contributed by atoms with Crippen LogP contribution in [0.15, 0.2) is 12.1 Å². The number of alkyl halides is 3. The molecule has 0 saturated carbocycles. The number of nitrogens with two attached hydrogens (primary N) is 1. The van der Waals surface area contributed by atoms with E-state index in [-0.39, 0.29) is 35.7 Å². The number of hydrogen-bond donors (Lipinski definition) is 2. The number of rotatable bonds is 5. The van der Waals surface area contributed by atoms with Gasteiger partial charge in [-0.1, -0.05) is 17.7 Å². The van der Waals surface area contributed by atoms with Crippen LogP contribution in [0.3, 0.4) is 0 Å². The van der Waals surface area contributed by atoms with Crippen LogP contribution in [0, 0.1) is 0 Å². The van der Waals surface area contributed by atoms with Gasteiger partial charge in [-0.15, -0.1) is 0 Å². The van der Waals surface area contributed by atoms with Gasteiger partial charge < -0.3 is 15.6 Å². The molecule has 0 bridgehead atoms. The molecule has 0 aliphatic carbocycles. The first kappa shape index (κ1) is 18.6. The second kappa shape index (κ2) is 6.75. The Balaban J connectivity index is 3.12. The van der Waals surface area contributed by atoms with Crippen LogP contribution in [0.5, 0.6) is 0 Å². The Morgan fingerprint density at radius 3 is 2.50 bits per heavy atom. The van der Waals surface area contributed by atoms with Gasteiger partial charge in [0.25, 0.3) is 0 Å². The number of benzene rings is 1. The Kier molecular flexibility index (Phi) is 5.70. The molecule has 0 saturated heterocycles. The van der Waals surface area contributed by atoms with Gasteiger partial charge in [-0.3, -0.25) is 4.79 Å². The van der Waals surface area contributed by atoms with Crippen molar-refractivity contribution in [3.63, 3.8) is 0 Å². The third-order valence-corrected chi connectivity index (χ3v) is 3.55. The summed E-state index contributed by atoms with van der Waals surface area (Å²) in [5.41, 5.74) is 2.54. The highest BCUT2D eigenvalue weighted by Crippen LogP contribution is 2.41. The molecule has 0 aliphatic heterocycles. The van der Waals surface area contributed by atoms with Crippen LogP contribution in [0.2, 0.25) is 5.02 Å². The lowest BCUT2D eigenvalue weighted by atomic mass is 9.92. The summed E-state index contributed by atoms with van der Waals surface area (Å²) in [7, 11) is 0. The van der Waals surface area contributed by atoms with Crippen LogP contribution >= 0.6 is 11.6 Å². The Labute approximate surface area is 131 Å². The maximum atomic E-state index is 12.9. The first-order valence-corrected chi connectivity index (χ1v) is 6.91. The molecule has 0 unspecified atom stereocenters. The normalized spacial score (nSPS) is 14.5. The van der Waals surface area contributed by atoms with E-state index in [4.69, 9.17) is 22.1 Å². The molecule has 0 radical (unpaired) electrons. The first-order chi connectivity index (χ1) is 10.0. The van der Waals surface area contributed by atoms with E-state index in [1.165, 1.54) is 0 Å². The number of aliphatic hydroxyl groups is 1. The van der Waals surface area contributed by atoms with Crippen LogP contribution in [-0.4, -0.2) is 23.9 Å². The van der Waals surface area contributed by atoms with E-state index in [1.807, 2.05) is 0 Å². The molecular weight excluding hydrogens is 323 g/mol. The zero-order chi connectivity index (χ0) is 17.1. The van der Waals surface area contributed by atoms with E-state index in [9.17, 15) is 23.1 Å². The van der Waals surface area contributed by atoms with Crippen molar-refractivity contribution in [2.24, 2.45) is 0 Å². The van der Waals surface area contributed by atoms with Crippen molar-refractivity contribution in [2.75, 3.05) is 12.3 Å². The van der Waals surface area contributed by atoms with Crippen molar-refractivity contribution in [3.05, 3.63) is 28.3 Å². The van der Waals surface area contributed by atoms with Gasteiger partial charge in [0.2, 0.25) is 0 Å². The second-order valence-electron chi connectivity index (χ2n) is 4.91. The Hall–Kier alpha value is -1.47. The van der Waals surface area contributed by atoms with Gasteiger partial charge >= 0.3 is 12.1 Å². The molecule has 3 N–H and O–H groups in total. The number of anilines is 1. The number of esters is 1. The number of ether oxygens (including phenoxy) is 1. The van der Waals surface area contributed by atoms with Crippen molar-refractivity contribution in [1.82, 2.24) is 0 Å². The number of carbonyl (C=O) groups is 1. The van der Waals surface area contributed by atoms with Crippen molar-refractivity contribution in [1.29, 1.82) is 0 Å². The zero-order valence-corrected chi connectivity index (χ0v) is 12.9. The third kappa shape index (κ3) is 4.04. The molecule has 8 heteroatoms. The van der Waals surface area contributed by atoms with Gasteiger partial charge in [0.05, 0.1) is 17.3 Å². The fraction of sp³-hybridized carbons (Fsp3) is 0.500. The van der Waals surface area contributed by atoms with E-state index in [1.54, 1.807) is 6.92 Å². The van der Waals surface area contributed by atoms with Crippen LogP contribution in [0.25, 0.3) is 0 Å². The highest BCUT2D eigenvalue weighted by Gasteiger charge is 2.51. The molecule has 0 aliphatic rings. The predicted molar refractivity (Wildman–Crippen MR) is 76.4 cm³/mol. The standard InChI is InChI=1S/C14H17ClF3NO3/c1-3-22-11(20)5-4-8-6-9(7-10(15)12(8)19)13(2,21)14(16,17)18/h6-7,21H,3-5,19H2,1-2H3/t13-/m0/s1. The van der Waals surface area contributed by atoms with Gasteiger partial charge in [0.1, 0.15) is 0 Å². The van der Waals surface area contributed by atoms with E-state index in [2.05, 4.69) is 0 Å². The minimum atomic E-state index is -4.87. The molecule has 1 aromatic carbocycles. The monoisotopic (exact) mass is 339 g/mol. The molecule has 4 nitrogen and oxygen atoms in total. The van der Waals surface area contributed by atoms with Gasteiger partial charge in [0, 0.05) is 6.42 Å². The van der Waals surface area contributed by atoms with Crippen molar-refractivity contribution in [2.45, 2.75) is 38.5 Å². The highest BCUT2D eigenvalue weighted by atomic mass is 35.5. The molecular formula is C14H17ClF3NO3. The minimum absolute atomic E-state index is 0.0496. The molecule has 0 spiro atoms. The van der Waals surface area contributed by atoms with Crippen LogP contribution in [0.4, 0.5) is 18.9 Å². The number of halogens is 4. The maximum absolute atomic E-state index is 12.9. The summed E-state index contributed by atoms with van der Waals surface area (Å²) in [6.45, 7) is 2.48. The Morgan fingerprint density at radius 1 is 1.41 bits per heavy atom. The van der Waals surface area contributed by atoms with Crippen LogP contribution in [0.1, 0.15) is 31.4 Å². The quantitative estimate of drug-likeness (QED) is 0.638. The predicted octanol–water partition coefficient (Wildman–Crippen LogP) is 3.19. The Morgan fingerprint density at radius 2 is 2.00 bits per heavy atom. The fourth-order valence-corrected chi connectivity index (χ4v) is 2.04. The summed E-state index contributed by atoms with van der Waals surface area (Å²) in [5, 5.41) is 9.60. The first-order valence-electron chi connectivity index (χ1n) is 6.53. The van der Waals surface area contributed by atoms with Crippen LogP contribution < -0.4 is 5.73 Å². The Bertz CT molecular complexity index is 559. The van der Waals surface area contributed by atoms with E-state index < -0.39 is 23.3 Å². The lowest BCUT2D eigenvalue weighted by molar-refractivity contribution is -0.258. The number of aryl methyl sites for hydroxylation is 1. The number of nitrogen functional groups attached to an aromatic ring is 1. The van der Waals surface area contributed by atoms with Crippen LogP contribution in [-0.2, 0) is 21.6 Å². The van der Waals surface area contributed by atoms with E-state index >= 15 is 0 Å². The number of carbonyl (C=O) groups excluding carboxylic acids is 1. The topological polar surface area (TPSA) is 72.5 Å². The highest BCUT2D eigenvalue weighted by molar-refractivity contribution is 6.33. The summed E-state index contributed by atoms with van der Waals surface area (Å²) in [6.07, 6.45) is -4.86. The summed E-state index contributed by atoms with van der Waals surface area (Å²) in [5.74, 6) is -0.494. The van der Waals surface area contributed by atoms with Gasteiger partial charge in [-0.25, -0.2) is 0 Å². The lowest BCUT2D eigenvalue weighted by Crippen LogP contribution is -2.39. The minimum Gasteiger partial charge on any atom is -0.466 e. The van der Waals surface area contributed by atoms with Gasteiger partial charge in [0.15, 0.2) is 5.60 Å². The lowest BCUT2D eigenvalue weighted by Gasteiger charge is -2.27. The van der Waals surface area contributed by atoms with E-state index in [0.29, 0.717) is 6.92 Å². The molecule has 1 atom stereocenters. The second-order valence-corrected chi connectivity index (χ2v) is 5.31. The average Bonchev–Trinajstić information content (AvgIpc) is 2.39. The third-order valence-electron chi connectivity index (χ3n) is 3.23. The maximum Gasteiger partial charge on any atom is 0.421 e. The summed E-state index contributed by atoms with van der Waals surface area (Å²) >= 11 is 5.83. The van der Waals surface area contributed by atoms with E-state index in [0.717, 1.165) is 12.1 Å². The van der Waals surface area contributed by atoms with Crippen molar-refractivity contribution in [3.8, 4) is 0 Å². The largest absolute Gasteiger partial charge is 0.466 e.